The molecule has 0 spiro atoms. The lowest BCUT2D eigenvalue weighted by molar-refractivity contribution is -0.117. The van der Waals surface area contributed by atoms with Crippen molar-refractivity contribution in [1.82, 2.24) is 0 Å². The van der Waals surface area contributed by atoms with Crippen LogP contribution in [0, 0.1) is 6.92 Å². The molecule has 3 aromatic carbocycles. The molecule has 0 radical (unpaired) electrons. The van der Waals surface area contributed by atoms with E-state index in [4.69, 9.17) is 13.9 Å². The molecule has 1 aromatic heterocycles. The van der Waals surface area contributed by atoms with Gasteiger partial charge in [-0.3, -0.25) is 14.5 Å². The number of esters is 1. The molecule has 2 heterocycles. The molecule has 1 N–H and O–H groups in total. The van der Waals surface area contributed by atoms with Gasteiger partial charge >= 0.3 is 5.97 Å². The minimum absolute atomic E-state index is 0.0306. The van der Waals surface area contributed by atoms with Crippen molar-refractivity contribution in [3.63, 3.8) is 0 Å². The minimum Gasteiger partial charge on any atom is -0.503 e. The Morgan fingerprint density at radius 1 is 1.03 bits per heavy atom. The first kappa shape index (κ1) is 24.8. The molecule has 5 rings (SSSR count). The Balaban J connectivity index is 1.62. The maximum atomic E-state index is 13.9. The van der Waals surface area contributed by atoms with E-state index in [1.165, 1.54) is 24.1 Å². The summed E-state index contributed by atoms with van der Waals surface area (Å²) in [5.41, 5.74) is 2.50. The number of ether oxygens (including phenoxy) is 2. The van der Waals surface area contributed by atoms with Gasteiger partial charge in [0.15, 0.2) is 22.9 Å². The number of aryl methyl sites for hydroxylation is 1. The Bertz CT molecular complexity index is 1600. The lowest BCUT2D eigenvalue weighted by Gasteiger charge is -2.28. The molecule has 1 aliphatic heterocycles. The van der Waals surface area contributed by atoms with E-state index in [-0.39, 0.29) is 17.9 Å². The van der Waals surface area contributed by atoms with Crippen molar-refractivity contribution in [2.45, 2.75) is 19.9 Å². The molecule has 38 heavy (non-hydrogen) atoms. The smallest absolute Gasteiger partial charge is 0.338 e. The number of furan rings is 1. The van der Waals surface area contributed by atoms with Crippen molar-refractivity contribution in [3.8, 4) is 5.75 Å². The molecular weight excluding hydrogens is 486 g/mol. The molecule has 0 bridgehead atoms. The molecule has 0 saturated heterocycles. The van der Waals surface area contributed by atoms with Gasteiger partial charge in [-0.25, -0.2) is 4.79 Å². The van der Waals surface area contributed by atoms with Crippen LogP contribution in [0.4, 0.5) is 5.69 Å². The van der Waals surface area contributed by atoms with E-state index in [1.54, 1.807) is 55.5 Å². The molecule has 8 nitrogen and oxygen atoms in total. The molecule has 8 heteroatoms. The molecule has 0 aliphatic carbocycles. The first-order valence-electron chi connectivity index (χ1n) is 12.1. The summed E-state index contributed by atoms with van der Waals surface area (Å²) in [6.07, 6.45) is 0. The minimum atomic E-state index is -0.931. The maximum absolute atomic E-state index is 13.9. The molecule has 4 aromatic rings. The van der Waals surface area contributed by atoms with Crippen LogP contribution in [0.5, 0.6) is 5.75 Å². The van der Waals surface area contributed by atoms with Crippen molar-refractivity contribution >= 4 is 34.3 Å². The van der Waals surface area contributed by atoms with Gasteiger partial charge < -0.3 is 19.0 Å². The van der Waals surface area contributed by atoms with Crippen LogP contribution in [-0.2, 0) is 9.53 Å². The average Bonchev–Trinajstić information content (AvgIpc) is 3.48. The molecule has 1 atom stereocenters. The van der Waals surface area contributed by atoms with Crippen LogP contribution in [-0.4, -0.2) is 36.5 Å². The van der Waals surface area contributed by atoms with Gasteiger partial charge in [-0.15, -0.1) is 0 Å². The van der Waals surface area contributed by atoms with E-state index in [0.29, 0.717) is 33.5 Å². The van der Waals surface area contributed by atoms with Crippen LogP contribution in [0.25, 0.3) is 11.0 Å². The normalized spacial score (nSPS) is 15.3. The van der Waals surface area contributed by atoms with Crippen molar-refractivity contribution < 1.29 is 33.4 Å². The Hall–Kier alpha value is -4.85. The summed E-state index contributed by atoms with van der Waals surface area (Å²) in [5, 5.41) is 11.7. The largest absolute Gasteiger partial charge is 0.503 e. The van der Waals surface area contributed by atoms with Gasteiger partial charge in [-0.05, 0) is 61.4 Å². The summed E-state index contributed by atoms with van der Waals surface area (Å²) in [4.78, 5) is 40.8. The number of amides is 1. The second-order valence-electron chi connectivity index (χ2n) is 8.78. The van der Waals surface area contributed by atoms with Crippen molar-refractivity contribution in [2.24, 2.45) is 0 Å². The summed E-state index contributed by atoms with van der Waals surface area (Å²) >= 11 is 0. The lowest BCUT2D eigenvalue weighted by atomic mass is 9.92. The molecule has 1 aliphatic rings. The van der Waals surface area contributed by atoms with Crippen molar-refractivity contribution in [3.05, 3.63) is 107 Å². The predicted octanol–water partition coefficient (Wildman–Crippen LogP) is 5.71. The zero-order valence-electron chi connectivity index (χ0n) is 21.1. The molecule has 0 saturated carbocycles. The lowest BCUT2D eigenvalue weighted by Crippen LogP contribution is -2.31. The summed E-state index contributed by atoms with van der Waals surface area (Å²) in [5.74, 6) is -2.07. The highest BCUT2D eigenvalue weighted by Gasteiger charge is 2.46. The quantitative estimate of drug-likeness (QED) is 0.250. The van der Waals surface area contributed by atoms with Crippen LogP contribution >= 0.6 is 0 Å². The van der Waals surface area contributed by atoms with Crippen LogP contribution in [0.15, 0.2) is 88.5 Å². The Morgan fingerprint density at radius 2 is 1.76 bits per heavy atom. The van der Waals surface area contributed by atoms with Gasteiger partial charge in [-0.1, -0.05) is 36.4 Å². The third kappa shape index (κ3) is 4.10. The van der Waals surface area contributed by atoms with Gasteiger partial charge in [0.05, 0.1) is 30.9 Å². The number of carbonyl (C=O) groups is 3. The van der Waals surface area contributed by atoms with Crippen LogP contribution in [0.2, 0.25) is 0 Å². The number of fused-ring (bicyclic) bond motifs is 1. The number of anilines is 1. The first-order valence-corrected chi connectivity index (χ1v) is 12.1. The molecular formula is C30H25NO7. The highest BCUT2D eigenvalue weighted by molar-refractivity contribution is 6.20. The molecule has 1 amide bonds. The van der Waals surface area contributed by atoms with E-state index >= 15 is 0 Å². The predicted molar refractivity (Wildman–Crippen MR) is 141 cm³/mol. The summed E-state index contributed by atoms with van der Waals surface area (Å²) in [6, 6.07) is 19.5. The third-order valence-electron chi connectivity index (χ3n) is 6.54. The molecule has 1 unspecified atom stereocenters. The SMILES string of the molecule is CCOC(=O)c1ccc(N2C(=O)C(O)=C(C(=O)c3cc4cccc(OC)c4o3)C2c2ccccc2C)cc1. The van der Waals surface area contributed by atoms with Crippen LogP contribution in [0.1, 0.15) is 45.0 Å². The standard InChI is InChI=1S/C30H25NO7/c1-4-37-30(35)18-12-14-20(15-13-18)31-25(21-10-6-5-8-17(21)2)24(27(33)29(31)34)26(32)23-16-19-9-7-11-22(36-3)28(19)38-23/h5-16,25,33H,4H2,1-3H3. The van der Waals surface area contributed by atoms with E-state index in [9.17, 15) is 19.5 Å². The van der Waals surface area contributed by atoms with Gasteiger partial charge in [0.1, 0.15) is 0 Å². The number of benzene rings is 3. The van der Waals surface area contributed by atoms with E-state index < -0.39 is 29.5 Å². The number of methoxy groups -OCH3 is 1. The fraction of sp³-hybridized carbons (Fsp3) is 0.167. The third-order valence-corrected chi connectivity index (χ3v) is 6.54. The van der Waals surface area contributed by atoms with Gasteiger partial charge in [0, 0.05) is 11.1 Å². The number of para-hydroxylation sites is 1. The number of hydrogen-bond acceptors (Lipinski definition) is 7. The first-order chi connectivity index (χ1) is 18.3. The highest BCUT2D eigenvalue weighted by Crippen LogP contribution is 2.43. The van der Waals surface area contributed by atoms with E-state index in [2.05, 4.69) is 0 Å². The molecule has 0 fully saturated rings. The second-order valence-corrected chi connectivity index (χ2v) is 8.78. The van der Waals surface area contributed by atoms with E-state index in [1.807, 2.05) is 19.1 Å². The molecule has 192 valence electrons. The number of aliphatic hydroxyl groups is 1. The number of carbonyl (C=O) groups excluding carboxylic acids is 3. The Morgan fingerprint density at radius 3 is 2.45 bits per heavy atom. The number of hydrogen-bond donors (Lipinski definition) is 1. The Labute approximate surface area is 218 Å². The van der Waals surface area contributed by atoms with Gasteiger partial charge in [0.2, 0.25) is 5.78 Å². The number of ketones is 1. The fourth-order valence-corrected chi connectivity index (χ4v) is 4.71. The van der Waals surface area contributed by atoms with E-state index in [0.717, 1.165) is 5.56 Å². The second kappa shape index (κ2) is 9.89. The summed E-state index contributed by atoms with van der Waals surface area (Å²) in [7, 11) is 1.50. The van der Waals surface area contributed by atoms with Crippen LogP contribution in [0.3, 0.4) is 0 Å². The summed E-state index contributed by atoms with van der Waals surface area (Å²) in [6.45, 7) is 3.82. The average molecular weight is 512 g/mol. The topological polar surface area (TPSA) is 106 Å². The van der Waals surface area contributed by atoms with Crippen molar-refractivity contribution in [1.29, 1.82) is 0 Å². The number of nitrogens with zero attached hydrogens (tertiary/aromatic N) is 1. The monoisotopic (exact) mass is 511 g/mol. The van der Waals surface area contributed by atoms with Gasteiger partial charge in [0.25, 0.3) is 5.91 Å². The maximum Gasteiger partial charge on any atom is 0.338 e. The number of Topliss-reactive ketones (excluding diaryl/α,β-unsaturated/α-hetero) is 1. The zero-order chi connectivity index (χ0) is 27.0. The Kier molecular flexibility index (Phi) is 6.46. The number of rotatable bonds is 7. The summed E-state index contributed by atoms with van der Waals surface area (Å²) < 4.78 is 16.3. The highest BCUT2D eigenvalue weighted by atomic mass is 16.5. The van der Waals surface area contributed by atoms with Crippen molar-refractivity contribution in [2.75, 3.05) is 18.6 Å². The fourth-order valence-electron chi connectivity index (χ4n) is 4.71. The zero-order valence-corrected chi connectivity index (χ0v) is 21.1. The van der Waals surface area contributed by atoms with Crippen LogP contribution < -0.4 is 9.64 Å². The van der Waals surface area contributed by atoms with Gasteiger partial charge in [-0.2, -0.15) is 0 Å². The number of aliphatic hydroxyl groups excluding tert-OH is 1.